The summed E-state index contributed by atoms with van der Waals surface area (Å²) in [7, 11) is 0. The zero-order valence-electron chi connectivity index (χ0n) is 16.2. The molecule has 0 fully saturated rings. The van der Waals surface area contributed by atoms with Crippen LogP contribution in [0.2, 0.25) is 0 Å². The SMILES string of the molecule is CSCC[C@H](NC(=O)c1ccc(C(=O)c2nccs2)cc1-c1ccccc1)C(=O)O. The maximum absolute atomic E-state index is 13.0. The predicted molar refractivity (Wildman–Crippen MR) is 119 cm³/mol. The fourth-order valence-electron chi connectivity index (χ4n) is 2.93. The van der Waals surface area contributed by atoms with Crippen LogP contribution < -0.4 is 5.32 Å². The molecule has 30 heavy (non-hydrogen) atoms. The van der Waals surface area contributed by atoms with Crippen LogP contribution in [0.1, 0.15) is 32.1 Å². The Morgan fingerprint density at radius 3 is 2.57 bits per heavy atom. The van der Waals surface area contributed by atoms with Gasteiger partial charge in [0.25, 0.3) is 5.91 Å². The van der Waals surface area contributed by atoms with Crippen molar-refractivity contribution in [3.8, 4) is 11.1 Å². The van der Waals surface area contributed by atoms with E-state index in [1.807, 2.05) is 36.6 Å². The minimum absolute atomic E-state index is 0.225. The van der Waals surface area contributed by atoms with E-state index in [9.17, 15) is 19.5 Å². The lowest BCUT2D eigenvalue weighted by molar-refractivity contribution is -0.139. The molecular formula is C22H20N2O4S2. The van der Waals surface area contributed by atoms with E-state index in [1.54, 1.807) is 29.8 Å². The van der Waals surface area contributed by atoms with Crippen LogP contribution in [0, 0.1) is 0 Å². The molecule has 0 aliphatic heterocycles. The summed E-state index contributed by atoms with van der Waals surface area (Å²) in [6.45, 7) is 0. The third kappa shape index (κ3) is 5.14. The molecule has 6 nitrogen and oxygen atoms in total. The Morgan fingerprint density at radius 2 is 1.93 bits per heavy atom. The van der Waals surface area contributed by atoms with E-state index in [-0.39, 0.29) is 5.78 Å². The van der Waals surface area contributed by atoms with Crippen molar-refractivity contribution in [1.82, 2.24) is 10.3 Å². The standard InChI is InChI=1S/C22H20N2O4S2/c1-29-11-9-18(22(27)28)24-20(26)16-8-7-15(19(25)21-23-10-12-30-21)13-17(16)14-5-3-2-4-6-14/h2-8,10,12-13,18H,9,11H2,1H3,(H,24,26)(H,27,28)/t18-/m0/s1. The maximum Gasteiger partial charge on any atom is 0.326 e. The molecule has 2 aromatic carbocycles. The van der Waals surface area contributed by atoms with Gasteiger partial charge in [0.15, 0.2) is 5.01 Å². The van der Waals surface area contributed by atoms with E-state index in [2.05, 4.69) is 10.3 Å². The van der Waals surface area contributed by atoms with Crippen LogP contribution in [0.5, 0.6) is 0 Å². The number of amides is 1. The fourth-order valence-corrected chi connectivity index (χ4v) is 4.00. The Bertz CT molecular complexity index is 1040. The summed E-state index contributed by atoms with van der Waals surface area (Å²) in [6, 6.07) is 13.0. The molecule has 0 aliphatic rings. The van der Waals surface area contributed by atoms with Crippen molar-refractivity contribution in [2.75, 3.05) is 12.0 Å². The molecule has 0 bridgehead atoms. The summed E-state index contributed by atoms with van der Waals surface area (Å²) in [6.07, 6.45) is 3.77. The van der Waals surface area contributed by atoms with Crippen LogP contribution >= 0.6 is 23.1 Å². The van der Waals surface area contributed by atoms with E-state index in [4.69, 9.17) is 0 Å². The summed E-state index contributed by atoms with van der Waals surface area (Å²) in [4.78, 5) is 41.3. The third-order valence-electron chi connectivity index (χ3n) is 4.45. The van der Waals surface area contributed by atoms with Crippen LogP contribution in [0.3, 0.4) is 0 Å². The molecule has 1 amide bonds. The smallest absolute Gasteiger partial charge is 0.326 e. The number of hydrogen-bond acceptors (Lipinski definition) is 6. The van der Waals surface area contributed by atoms with Gasteiger partial charge in [0.05, 0.1) is 0 Å². The Morgan fingerprint density at radius 1 is 1.17 bits per heavy atom. The average molecular weight is 441 g/mol. The van der Waals surface area contributed by atoms with E-state index in [0.717, 1.165) is 5.56 Å². The van der Waals surface area contributed by atoms with E-state index < -0.39 is 17.9 Å². The highest BCUT2D eigenvalue weighted by molar-refractivity contribution is 7.98. The summed E-state index contributed by atoms with van der Waals surface area (Å²) in [5.41, 5.74) is 2.04. The van der Waals surface area contributed by atoms with E-state index in [1.165, 1.54) is 23.1 Å². The van der Waals surface area contributed by atoms with Crippen molar-refractivity contribution in [3.05, 3.63) is 76.2 Å². The molecule has 0 saturated carbocycles. The lowest BCUT2D eigenvalue weighted by Crippen LogP contribution is -2.41. The van der Waals surface area contributed by atoms with Gasteiger partial charge in [-0.3, -0.25) is 9.59 Å². The zero-order valence-corrected chi connectivity index (χ0v) is 17.8. The third-order valence-corrected chi connectivity index (χ3v) is 5.87. The Balaban J connectivity index is 1.98. The second kappa shape index (κ2) is 10.2. The van der Waals surface area contributed by atoms with Crippen molar-refractivity contribution in [2.24, 2.45) is 0 Å². The average Bonchev–Trinajstić information content (AvgIpc) is 3.31. The molecule has 8 heteroatoms. The molecule has 1 heterocycles. The summed E-state index contributed by atoms with van der Waals surface area (Å²) >= 11 is 2.77. The lowest BCUT2D eigenvalue weighted by atomic mass is 9.95. The van der Waals surface area contributed by atoms with Gasteiger partial charge < -0.3 is 10.4 Å². The number of benzene rings is 2. The van der Waals surface area contributed by atoms with Gasteiger partial charge in [0, 0.05) is 22.7 Å². The monoisotopic (exact) mass is 440 g/mol. The number of thioether (sulfide) groups is 1. The summed E-state index contributed by atoms with van der Waals surface area (Å²) < 4.78 is 0. The predicted octanol–water partition coefficient (Wildman–Crippen LogP) is 3.98. The quantitative estimate of drug-likeness (QED) is 0.489. The first-order valence-corrected chi connectivity index (χ1v) is 11.4. The number of rotatable bonds is 9. The highest BCUT2D eigenvalue weighted by Gasteiger charge is 2.23. The first kappa shape index (κ1) is 21.7. The molecule has 0 unspecified atom stereocenters. The van der Waals surface area contributed by atoms with Crippen molar-refractivity contribution in [2.45, 2.75) is 12.5 Å². The number of nitrogens with zero attached hydrogens (tertiary/aromatic N) is 1. The zero-order chi connectivity index (χ0) is 21.5. The second-order valence-electron chi connectivity index (χ2n) is 6.44. The minimum Gasteiger partial charge on any atom is -0.480 e. The highest BCUT2D eigenvalue weighted by Crippen LogP contribution is 2.27. The number of aromatic nitrogens is 1. The van der Waals surface area contributed by atoms with E-state index in [0.29, 0.717) is 33.9 Å². The minimum atomic E-state index is -1.07. The molecular weight excluding hydrogens is 420 g/mol. The number of carboxylic acids is 1. The first-order chi connectivity index (χ1) is 14.5. The number of nitrogens with one attached hydrogen (secondary N) is 1. The molecule has 0 aliphatic carbocycles. The van der Waals surface area contributed by atoms with Gasteiger partial charge in [0.1, 0.15) is 6.04 Å². The fraction of sp³-hybridized carbons (Fsp3) is 0.182. The first-order valence-electron chi connectivity index (χ1n) is 9.17. The number of carboxylic acid groups (broad SMARTS) is 1. The number of carbonyl (C=O) groups is 3. The molecule has 2 N–H and O–H groups in total. The molecule has 1 atom stereocenters. The van der Waals surface area contributed by atoms with Crippen LogP contribution in [0.15, 0.2) is 60.1 Å². The Hall–Kier alpha value is -2.97. The number of hydrogen-bond donors (Lipinski definition) is 2. The number of ketones is 1. The topological polar surface area (TPSA) is 96.4 Å². The molecule has 0 saturated heterocycles. The van der Waals surface area contributed by atoms with Gasteiger partial charge >= 0.3 is 5.97 Å². The van der Waals surface area contributed by atoms with Crippen molar-refractivity contribution in [1.29, 1.82) is 0 Å². The highest BCUT2D eigenvalue weighted by atomic mass is 32.2. The van der Waals surface area contributed by atoms with Crippen LogP contribution in [-0.2, 0) is 4.79 Å². The van der Waals surface area contributed by atoms with Crippen LogP contribution in [0.4, 0.5) is 0 Å². The lowest BCUT2D eigenvalue weighted by Gasteiger charge is -2.16. The largest absolute Gasteiger partial charge is 0.480 e. The van der Waals surface area contributed by atoms with Crippen molar-refractivity contribution in [3.63, 3.8) is 0 Å². The molecule has 1 aromatic heterocycles. The van der Waals surface area contributed by atoms with E-state index >= 15 is 0 Å². The van der Waals surface area contributed by atoms with Gasteiger partial charge in [0.2, 0.25) is 5.78 Å². The number of carbonyl (C=O) groups excluding carboxylic acids is 2. The molecule has 3 aromatic rings. The Labute approximate surface area is 182 Å². The van der Waals surface area contributed by atoms with Crippen LogP contribution in [-0.4, -0.2) is 45.8 Å². The number of aliphatic carboxylic acids is 1. The second-order valence-corrected chi connectivity index (χ2v) is 8.32. The summed E-state index contributed by atoms with van der Waals surface area (Å²) in [5, 5.41) is 14.1. The molecule has 154 valence electrons. The van der Waals surface area contributed by atoms with Gasteiger partial charge in [-0.15, -0.1) is 11.3 Å². The van der Waals surface area contributed by atoms with Gasteiger partial charge in [-0.05, 0) is 41.7 Å². The molecule has 0 spiro atoms. The van der Waals surface area contributed by atoms with Gasteiger partial charge in [-0.2, -0.15) is 11.8 Å². The normalized spacial score (nSPS) is 11.6. The maximum atomic E-state index is 13.0. The van der Waals surface area contributed by atoms with Crippen molar-refractivity contribution < 1.29 is 19.5 Å². The molecule has 3 rings (SSSR count). The van der Waals surface area contributed by atoms with Crippen LogP contribution in [0.25, 0.3) is 11.1 Å². The Kier molecular flexibility index (Phi) is 7.37. The summed E-state index contributed by atoms with van der Waals surface area (Å²) in [5.74, 6) is -1.17. The van der Waals surface area contributed by atoms with Gasteiger partial charge in [-0.1, -0.05) is 36.4 Å². The molecule has 0 radical (unpaired) electrons. The van der Waals surface area contributed by atoms with Gasteiger partial charge in [-0.25, -0.2) is 9.78 Å². The number of thiazole rings is 1. The van der Waals surface area contributed by atoms with Crippen molar-refractivity contribution >= 4 is 40.8 Å².